The highest BCUT2D eigenvalue weighted by atomic mass is 16.1. The summed E-state index contributed by atoms with van der Waals surface area (Å²) in [7, 11) is 0. The first kappa shape index (κ1) is 7.79. The molecular formula is C9H11NO. The van der Waals surface area contributed by atoms with E-state index < -0.39 is 0 Å². The zero-order valence-electron chi connectivity index (χ0n) is 6.72. The number of carbonyl (C=O) groups is 1. The fourth-order valence-corrected chi connectivity index (χ4v) is 0.960. The van der Waals surface area contributed by atoms with Gasteiger partial charge in [-0.05, 0) is 12.5 Å². The van der Waals surface area contributed by atoms with Crippen molar-refractivity contribution in [1.29, 1.82) is 0 Å². The fraction of sp³-hybridized carbons (Fsp3) is 0.222. The molecule has 1 aliphatic rings. The molecule has 0 radical (unpaired) electrons. The van der Waals surface area contributed by atoms with Crippen LogP contribution in [0.25, 0.3) is 0 Å². The van der Waals surface area contributed by atoms with Gasteiger partial charge in [0.25, 0.3) is 0 Å². The quantitative estimate of drug-likeness (QED) is 0.601. The lowest BCUT2D eigenvalue weighted by molar-refractivity contribution is -0.118. The third-order valence-corrected chi connectivity index (χ3v) is 1.46. The highest BCUT2D eigenvalue weighted by molar-refractivity contribution is 5.75. The summed E-state index contributed by atoms with van der Waals surface area (Å²) in [6.45, 7) is 3.39. The van der Waals surface area contributed by atoms with Crippen LogP contribution >= 0.6 is 0 Å². The highest BCUT2D eigenvalue weighted by Gasteiger charge is 1.99. The molecule has 0 bridgehead atoms. The molecule has 58 valence electrons. The summed E-state index contributed by atoms with van der Waals surface area (Å²) in [6.07, 6.45) is 7.82. The Hall–Kier alpha value is -1.31. The molecule has 0 aliphatic heterocycles. The SMILES string of the molecule is CC(=O)NC(C)=C1C=CC=C1. The molecule has 0 spiro atoms. The summed E-state index contributed by atoms with van der Waals surface area (Å²) in [4.78, 5) is 10.6. The number of hydrogen-bond acceptors (Lipinski definition) is 1. The first-order valence-corrected chi connectivity index (χ1v) is 3.53. The van der Waals surface area contributed by atoms with Gasteiger partial charge in [0.1, 0.15) is 0 Å². The van der Waals surface area contributed by atoms with Crippen molar-refractivity contribution < 1.29 is 4.79 Å². The van der Waals surface area contributed by atoms with E-state index in [1.807, 2.05) is 31.2 Å². The molecule has 0 fully saturated rings. The molecule has 2 nitrogen and oxygen atoms in total. The minimum Gasteiger partial charge on any atom is -0.330 e. The molecule has 2 heteroatoms. The van der Waals surface area contributed by atoms with Crippen molar-refractivity contribution in [2.45, 2.75) is 13.8 Å². The van der Waals surface area contributed by atoms with E-state index in [4.69, 9.17) is 0 Å². The average Bonchev–Trinajstić information content (AvgIpc) is 2.35. The Labute approximate surface area is 66.3 Å². The fourth-order valence-electron chi connectivity index (χ4n) is 0.960. The van der Waals surface area contributed by atoms with Gasteiger partial charge in [-0.15, -0.1) is 0 Å². The van der Waals surface area contributed by atoms with Crippen LogP contribution in [0, 0.1) is 0 Å². The molecule has 0 aromatic rings. The lowest BCUT2D eigenvalue weighted by Crippen LogP contribution is -2.17. The Morgan fingerprint density at radius 1 is 1.27 bits per heavy atom. The van der Waals surface area contributed by atoms with Crippen LogP contribution in [-0.4, -0.2) is 5.91 Å². The van der Waals surface area contributed by atoms with Crippen molar-refractivity contribution in [2.75, 3.05) is 0 Å². The Morgan fingerprint density at radius 2 is 1.82 bits per heavy atom. The Bertz CT molecular complexity index is 245. The van der Waals surface area contributed by atoms with E-state index in [1.165, 1.54) is 6.92 Å². The van der Waals surface area contributed by atoms with E-state index in [0.29, 0.717) is 0 Å². The van der Waals surface area contributed by atoms with E-state index in [0.717, 1.165) is 11.3 Å². The van der Waals surface area contributed by atoms with E-state index in [2.05, 4.69) is 5.32 Å². The molecule has 0 saturated carbocycles. The topological polar surface area (TPSA) is 29.1 Å². The van der Waals surface area contributed by atoms with Gasteiger partial charge in [-0.1, -0.05) is 24.3 Å². The van der Waals surface area contributed by atoms with Crippen molar-refractivity contribution in [2.24, 2.45) is 0 Å². The molecular weight excluding hydrogens is 138 g/mol. The van der Waals surface area contributed by atoms with Crippen LogP contribution in [0.4, 0.5) is 0 Å². The van der Waals surface area contributed by atoms with Gasteiger partial charge in [0.15, 0.2) is 0 Å². The summed E-state index contributed by atoms with van der Waals surface area (Å²) >= 11 is 0. The van der Waals surface area contributed by atoms with E-state index in [-0.39, 0.29) is 5.91 Å². The predicted molar refractivity (Wildman–Crippen MR) is 44.8 cm³/mol. The maximum absolute atomic E-state index is 10.6. The lowest BCUT2D eigenvalue weighted by Gasteiger charge is -2.02. The lowest BCUT2D eigenvalue weighted by atomic mass is 10.2. The van der Waals surface area contributed by atoms with Crippen LogP contribution in [0.15, 0.2) is 35.6 Å². The molecule has 1 amide bonds. The van der Waals surface area contributed by atoms with Gasteiger partial charge in [-0.25, -0.2) is 0 Å². The van der Waals surface area contributed by atoms with Gasteiger partial charge in [0.05, 0.1) is 0 Å². The molecule has 0 saturated heterocycles. The third kappa shape index (κ3) is 2.08. The van der Waals surface area contributed by atoms with E-state index in [9.17, 15) is 4.79 Å². The molecule has 1 N–H and O–H groups in total. The van der Waals surface area contributed by atoms with Gasteiger partial charge in [0, 0.05) is 12.6 Å². The van der Waals surface area contributed by atoms with Gasteiger partial charge in [0.2, 0.25) is 5.91 Å². The first-order chi connectivity index (χ1) is 5.20. The predicted octanol–water partition coefficient (Wildman–Crippen LogP) is 1.52. The van der Waals surface area contributed by atoms with Crippen molar-refractivity contribution in [3.63, 3.8) is 0 Å². The number of nitrogens with one attached hydrogen (secondary N) is 1. The van der Waals surface area contributed by atoms with Crippen LogP contribution in [0.5, 0.6) is 0 Å². The van der Waals surface area contributed by atoms with Crippen LogP contribution in [-0.2, 0) is 4.79 Å². The molecule has 0 aromatic heterocycles. The first-order valence-electron chi connectivity index (χ1n) is 3.53. The van der Waals surface area contributed by atoms with E-state index >= 15 is 0 Å². The Balaban J connectivity index is 2.71. The second-order valence-corrected chi connectivity index (χ2v) is 2.48. The zero-order valence-corrected chi connectivity index (χ0v) is 6.72. The Kier molecular flexibility index (Phi) is 2.26. The summed E-state index contributed by atoms with van der Waals surface area (Å²) in [6, 6.07) is 0. The maximum atomic E-state index is 10.6. The van der Waals surface area contributed by atoms with Gasteiger partial charge < -0.3 is 5.32 Å². The molecule has 0 unspecified atom stereocenters. The van der Waals surface area contributed by atoms with E-state index in [1.54, 1.807) is 0 Å². The van der Waals surface area contributed by atoms with Crippen LogP contribution < -0.4 is 5.32 Å². The molecule has 11 heavy (non-hydrogen) atoms. The van der Waals surface area contributed by atoms with Gasteiger partial charge in [-0.3, -0.25) is 4.79 Å². The minimum absolute atomic E-state index is 0.0244. The zero-order chi connectivity index (χ0) is 8.27. The van der Waals surface area contributed by atoms with Crippen molar-refractivity contribution in [3.8, 4) is 0 Å². The molecule has 0 aromatic carbocycles. The number of allylic oxidation sites excluding steroid dienone is 6. The van der Waals surface area contributed by atoms with Crippen molar-refractivity contribution in [1.82, 2.24) is 5.32 Å². The van der Waals surface area contributed by atoms with Crippen molar-refractivity contribution >= 4 is 5.91 Å². The van der Waals surface area contributed by atoms with Crippen molar-refractivity contribution in [3.05, 3.63) is 35.6 Å². The standard InChI is InChI=1S/C9H11NO/c1-7(10-8(2)11)9-5-3-4-6-9/h3-6H,1-2H3,(H,10,11). The summed E-state index contributed by atoms with van der Waals surface area (Å²) < 4.78 is 0. The van der Waals surface area contributed by atoms with Crippen LogP contribution in [0.2, 0.25) is 0 Å². The largest absolute Gasteiger partial charge is 0.330 e. The average molecular weight is 149 g/mol. The number of carbonyl (C=O) groups excluding carboxylic acids is 1. The number of hydrogen-bond donors (Lipinski definition) is 1. The second kappa shape index (κ2) is 3.19. The second-order valence-electron chi connectivity index (χ2n) is 2.48. The monoisotopic (exact) mass is 149 g/mol. The summed E-state index contributed by atoms with van der Waals surface area (Å²) in [5.74, 6) is -0.0244. The molecule has 1 aliphatic carbocycles. The van der Waals surface area contributed by atoms with Gasteiger partial charge >= 0.3 is 0 Å². The minimum atomic E-state index is -0.0244. The summed E-state index contributed by atoms with van der Waals surface area (Å²) in [5, 5.41) is 2.72. The number of amides is 1. The van der Waals surface area contributed by atoms with Crippen LogP contribution in [0.3, 0.4) is 0 Å². The van der Waals surface area contributed by atoms with Gasteiger partial charge in [-0.2, -0.15) is 0 Å². The molecule has 0 atom stereocenters. The molecule has 0 heterocycles. The number of rotatable bonds is 1. The maximum Gasteiger partial charge on any atom is 0.221 e. The smallest absolute Gasteiger partial charge is 0.221 e. The molecule has 1 rings (SSSR count). The normalized spacial score (nSPS) is 13.8. The summed E-state index contributed by atoms with van der Waals surface area (Å²) in [5.41, 5.74) is 1.97. The Morgan fingerprint density at radius 3 is 2.27 bits per heavy atom. The third-order valence-electron chi connectivity index (χ3n) is 1.46. The van der Waals surface area contributed by atoms with Crippen LogP contribution in [0.1, 0.15) is 13.8 Å². The highest BCUT2D eigenvalue weighted by Crippen LogP contribution is 2.10.